The van der Waals surface area contributed by atoms with Gasteiger partial charge < -0.3 is 9.47 Å². The molecule has 0 spiro atoms. The van der Waals surface area contributed by atoms with E-state index in [4.69, 9.17) is 9.47 Å². The number of carbonyl (C=O) groups excluding carboxylic acids is 3. The Labute approximate surface area is 176 Å². The zero-order valence-corrected chi connectivity index (χ0v) is 17.9. The van der Waals surface area contributed by atoms with Crippen molar-refractivity contribution in [1.82, 2.24) is 5.32 Å². The standard InChI is InChI=1S/C21H19BrN2O5/c1-11-5-6-12(2)16(7-11)24-20(26)14(19(25)23-21(24)27)8-13-9-15(22)18(29-4)17(10-13)28-3/h5-10H,1-4H3,(H,23,25,27)/b14-8+. The van der Waals surface area contributed by atoms with Crippen LogP contribution in [0.15, 0.2) is 40.4 Å². The molecule has 3 rings (SSSR count). The van der Waals surface area contributed by atoms with E-state index in [-0.39, 0.29) is 5.57 Å². The highest BCUT2D eigenvalue weighted by Crippen LogP contribution is 2.37. The minimum atomic E-state index is -0.778. The Balaban J connectivity index is 2.09. The number of anilines is 1. The van der Waals surface area contributed by atoms with Gasteiger partial charge in [-0.2, -0.15) is 0 Å². The highest BCUT2D eigenvalue weighted by atomic mass is 79.9. The summed E-state index contributed by atoms with van der Waals surface area (Å²) in [5.74, 6) is -0.535. The van der Waals surface area contributed by atoms with Crippen molar-refractivity contribution in [3.05, 3.63) is 57.1 Å². The lowest BCUT2D eigenvalue weighted by Crippen LogP contribution is -2.54. The van der Waals surface area contributed by atoms with E-state index in [2.05, 4.69) is 21.2 Å². The zero-order valence-electron chi connectivity index (χ0n) is 16.3. The second kappa shape index (κ2) is 8.08. The summed E-state index contributed by atoms with van der Waals surface area (Å²) in [4.78, 5) is 38.9. The van der Waals surface area contributed by atoms with E-state index in [1.54, 1.807) is 25.1 Å². The maximum atomic E-state index is 13.1. The van der Waals surface area contributed by atoms with Crippen LogP contribution >= 0.6 is 15.9 Å². The van der Waals surface area contributed by atoms with Gasteiger partial charge in [0.2, 0.25) is 0 Å². The molecule has 1 heterocycles. The molecule has 1 fully saturated rings. The maximum absolute atomic E-state index is 13.1. The number of hydrogen-bond acceptors (Lipinski definition) is 5. The van der Waals surface area contributed by atoms with Crippen LogP contribution in [0.3, 0.4) is 0 Å². The lowest BCUT2D eigenvalue weighted by molar-refractivity contribution is -0.122. The molecule has 7 nitrogen and oxygen atoms in total. The first-order chi connectivity index (χ1) is 13.8. The van der Waals surface area contributed by atoms with Crippen LogP contribution in [0.4, 0.5) is 10.5 Å². The number of nitrogens with zero attached hydrogens (tertiary/aromatic N) is 1. The van der Waals surface area contributed by atoms with Crippen molar-refractivity contribution in [2.75, 3.05) is 19.1 Å². The largest absolute Gasteiger partial charge is 0.493 e. The summed E-state index contributed by atoms with van der Waals surface area (Å²) < 4.78 is 11.2. The third-order valence-electron chi connectivity index (χ3n) is 4.47. The van der Waals surface area contributed by atoms with E-state index >= 15 is 0 Å². The molecule has 0 aromatic heterocycles. The number of urea groups is 1. The SMILES string of the molecule is COc1cc(/C=C2\C(=O)NC(=O)N(c3cc(C)ccc3C)C2=O)cc(Br)c1OC. The van der Waals surface area contributed by atoms with Gasteiger partial charge in [0.1, 0.15) is 5.57 Å². The number of methoxy groups -OCH3 is 2. The van der Waals surface area contributed by atoms with Crippen molar-refractivity contribution >= 4 is 45.5 Å². The van der Waals surface area contributed by atoms with Crippen molar-refractivity contribution in [2.24, 2.45) is 0 Å². The molecule has 1 N–H and O–H groups in total. The summed E-state index contributed by atoms with van der Waals surface area (Å²) in [6.07, 6.45) is 1.41. The molecule has 4 amide bonds. The fourth-order valence-corrected chi connectivity index (χ4v) is 3.65. The van der Waals surface area contributed by atoms with Gasteiger partial charge in [0.15, 0.2) is 11.5 Å². The summed E-state index contributed by atoms with van der Waals surface area (Å²) in [6, 6.07) is 7.97. The van der Waals surface area contributed by atoms with Crippen molar-refractivity contribution in [3.8, 4) is 11.5 Å². The van der Waals surface area contributed by atoms with Gasteiger partial charge in [0.05, 0.1) is 24.4 Å². The second-order valence-electron chi connectivity index (χ2n) is 6.49. The average Bonchev–Trinajstić information content (AvgIpc) is 2.67. The van der Waals surface area contributed by atoms with E-state index in [1.165, 1.54) is 20.3 Å². The molecule has 1 aliphatic rings. The van der Waals surface area contributed by atoms with E-state index in [9.17, 15) is 14.4 Å². The number of rotatable bonds is 4. The van der Waals surface area contributed by atoms with Crippen LogP contribution in [0.2, 0.25) is 0 Å². The summed E-state index contributed by atoms with van der Waals surface area (Å²) in [5.41, 5.74) is 2.42. The lowest BCUT2D eigenvalue weighted by Gasteiger charge is -2.27. The lowest BCUT2D eigenvalue weighted by atomic mass is 10.0. The molecule has 1 saturated heterocycles. The Morgan fingerprint density at radius 1 is 1.03 bits per heavy atom. The highest BCUT2D eigenvalue weighted by molar-refractivity contribution is 9.10. The van der Waals surface area contributed by atoms with Gasteiger partial charge in [0, 0.05) is 0 Å². The van der Waals surface area contributed by atoms with E-state index in [0.29, 0.717) is 27.2 Å². The monoisotopic (exact) mass is 458 g/mol. The quantitative estimate of drug-likeness (QED) is 0.556. The molecule has 1 aliphatic heterocycles. The number of aryl methyl sites for hydroxylation is 2. The molecule has 2 aromatic rings. The van der Waals surface area contributed by atoms with Crippen molar-refractivity contribution in [1.29, 1.82) is 0 Å². The summed E-state index contributed by atoms with van der Waals surface area (Å²) in [5, 5.41) is 2.23. The van der Waals surface area contributed by atoms with Crippen LogP contribution in [-0.4, -0.2) is 32.1 Å². The Bertz CT molecular complexity index is 1060. The Hall–Kier alpha value is -3.13. The van der Waals surface area contributed by atoms with E-state index in [0.717, 1.165) is 16.0 Å². The number of imide groups is 2. The third kappa shape index (κ3) is 3.88. The number of nitrogens with one attached hydrogen (secondary N) is 1. The zero-order chi connectivity index (χ0) is 21.3. The smallest absolute Gasteiger partial charge is 0.335 e. The van der Waals surface area contributed by atoms with E-state index < -0.39 is 17.8 Å². The Morgan fingerprint density at radius 2 is 1.76 bits per heavy atom. The Morgan fingerprint density at radius 3 is 2.41 bits per heavy atom. The molecule has 0 radical (unpaired) electrons. The van der Waals surface area contributed by atoms with Crippen LogP contribution < -0.4 is 19.7 Å². The minimum absolute atomic E-state index is 0.162. The van der Waals surface area contributed by atoms with Crippen LogP contribution in [0.5, 0.6) is 11.5 Å². The average molecular weight is 459 g/mol. The van der Waals surface area contributed by atoms with Gasteiger partial charge in [-0.25, -0.2) is 9.69 Å². The fraction of sp³-hybridized carbons (Fsp3) is 0.190. The van der Waals surface area contributed by atoms with Crippen molar-refractivity contribution in [3.63, 3.8) is 0 Å². The molecule has 8 heteroatoms. The van der Waals surface area contributed by atoms with Crippen molar-refractivity contribution < 1.29 is 23.9 Å². The molecule has 0 aliphatic carbocycles. The fourth-order valence-electron chi connectivity index (χ4n) is 3.02. The second-order valence-corrected chi connectivity index (χ2v) is 7.34. The number of amides is 4. The molecule has 0 unspecified atom stereocenters. The van der Waals surface area contributed by atoms with Gasteiger partial charge in [-0.05, 0) is 70.7 Å². The first-order valence-electron chi connectivity index (χ1n) is 8.67. The van der Waals surface area contributed by atoms with Crippen LogP contribution in [0.1, 0.15) is 16.7 Å². The number of carbonyl (C=O) groups is 3. The van der Waals surface area contributed by atoms with Gasteiger partial charge in [0.25, 0.3) is 11.8 Å². The van der Waals surface area contributed by atoms with Gasteiger partial charge in [-0.15, -0.1) is 0 Å². The maximum Gasteiger partial charge on any atom is 0.335 e. The van der Waals surface area contributed by atoms with Crippen LogP contribution in [0, 0.1) is 13.8 Å². The predicted molar refractivity (Wildman–Crippen MR) is 112 cm³/mol. The Kier molecular flexibility index (Phi) is 5.74. The summed E-state index contributed by atoms with van der Waals surface area (Å²) in [6.45, 7) is 3.65. The summed E-state index contributed by atoms with van der Waals surface area (Å²) in [7, 11) is 2.99. The molecule has 0 saturated carbocycles. The molecule has 0 bridgehead atoms. The van der Waals surface area contributed by atoms with Gasteiger partial charge in [-0.3, -0.25) is 14.9 Å². The highest BCUT2D eigenvalue weighted by Gasteiger charge is 2.37. The molecule has 29 heavy (non-hydrogen) atoms. The van der Waals surface area contributed by atoms with E-state index in [1.807, 2.05) is 19.1 Å². The van der Waals surface area contributed by atoms with Gasteiger partial charge >= 0.3 is 6.03 Å². The van der Waals surface area contributed by atoms with Crippen LogP contribution in [0.25, 0.3) is 6.08 Å². The van der Waals surface area contributed by atoms with Gasteiger partial charge in [-0.1, -0.05) is 12.1 Å². The number of barbiturate groups is 1. The number of benzene rings is 2. The molecule has 150 valence electrons. The normalized spacial score (nSPS) is 15.6. The topological polar surface area (TPSA) is 84.9 Å². The first kappa shape index (κ1) is 20.6. The first-order valence-corrected chi connectivity index (χ1v) is 9.46. The summed E-state index contributed by atoms with van der Waals surface area (Å²) >= 11 is 3.39. The van der Waals surface area contributed by atoms with Crippen LogP contribution in [-0.2, 0) is 9.59 Å². The third-order valence-corrected chi connectivity index (χ3v) is 5.06. The number of halogens is 1. The number of ether oxygens (including phenoxy) is 2. The number of hydrogen-bond donors (Lipinski definition) is 1. The molecular formula is C21H19BrN2O5. The van der Waals surface area contributed by atoms with Crippen molar-refractivity contribution in [2.45, 2.75) is 13.8 Å². The molecular weight excluding hydrogens is 440 g/mol. The molecule has 2 aromatic carbocycles. The minimum Gasteiger partial charge on any atom is -0.493 e. The molecule has 0 atom stereocenters. The predicted octanol–water partition coefficient (Wildman–Crippen LogP) is 3.75.